The largest absolute Gasteiger partial charge is 0.310 e. The van der Waals surface area contributed by atoms with Crippen LogP contribution in [0.1, 0.15) is 31.7 Å². The van der Waals surface area contributed by atoms with Crippen molar-refractivity contribution in [2.45, 2.75) is 43.7 Å². The van der Waals surface area contributed by atoms with E-state index < -0.39 is 15.8 Å². The summed E-state index contributed by atoms with van der Waals surface area (Å²) in [6.07, 6.45) is 3.01. The molecule has 0 radical (unpaired) electrons. The average molecular weight is 300 g/mol. The number of benzene rings is 1. The van der Waals surface area contributed by atoms with Crippen LogP contribution in [0.2, 0.25) is 0 Å². The van der Waals surface area contributed by atoms with E-state index in [1.165, 1.54) is 23.5 Å². The number of hydrogen-bond donors (Lipinski definition) is 1. The summed E-state index contributed by atoms with van der Waals surface area (Å²) in [6, 6.07) is 4.83. The lowest BCUT2D eigenvalue weighted by Crippen LogP contribution is -2.28. The van der Waals surface area contributed by atoms with Gasteiger partial charge in [0.15, 0.2) is 0 Å². The van der Waals surface area contributed by atoms with Crippen LogP contribution in [0.25, 0.3) is 0 Å². The second-order valence-corrected chi connectivity index (χ2v) is 7.26. The first-order valence-corrected chi connectivity index (χ1v) is 8.37. The van der Waals surface area contributed by atoms with Crippen LogP contribution in [-0.2, 0) is 16.6 Å². The maximum Gasteiger partial charge on any atom is 0.245 e. The zero-order chi connectivity index (χ0) is 14.8. The first kappa shape index (κ1) is 15.4. The van der Waals surface area contributed by atoms with Crippen molar-refractivity contribution in [1.82, 2.24) is 9.62 Å². The molecule has 1 fully saturated rings. The van der Waals surface area contributed by atoms with E-state index in [1.807, 2.05) is 6.92 Å². The Kier molecular flexibility index (Phi) is 4.78. The molecule has 6 heteroatoms. The van der Waals surface area contributed by atoms with Crippen molar-refractivity contribution < 1.29 is 12.8 Å². The molecule has 1 aliphatic carbocycles. The molecule has 1 aliphatic rings. The molecule has 0 atom stereocenters. The van der Waals surface area contributed by atoms with Crippen molar-refractivity contribution >= 4 is 10.0 Å². The third-order valence-corrected chi connectivity index (χ3v) is 5.27. The predicted molar refractivity (Wildman–Crippen MR) is 76.4 cm³/mol. The van der Waals surface area contributed by atoms with Gasteiger partial charge < -0.3 is 5.32 Å². The van der Waals surface area contributed by atoms with Crippen molar-refractivity contribution in [2.24, 2.45) is 0 Å². The van der Waals surface area contributed by atoms with E-state index in [-0.39, 0.29) is 4.90 Å². The summed E-state index contributed by atoms with van der Waals surface area (Å²) in [5, 5.41) is 3.29. The first-order chi connectivity index (χ1) is 9.45. The van der Waals surface area contributed by atoms with E-state index in [1.54, 1.807) is 6.07 Å². The summed E-state index contributed by atoms with van der Waals surface area (Å²) in [5.41, 5.74) is 0.793. The summed E-state index contributed by atoms with van der Waals surface area (Å²) >= 11 is 0. The van der Waals surface area contributed by atoms with E-state index in [0.717, 1.165) is 18.4 Å². The first-order valence-electron chi connectivity index (χ1n) is 6.93. The lowest BCUT2D eigenvalue weighted by Gasteiger charge is -2.17. The van der Waals surface area contributed by atoms with Gasteiger partial charge in [0.05, 0.1) is 0 Å². The molecule has 0 spiro atoms. The SMILES string of the molecule is CCCN(C)S(=O)(=O)c1cc(CNC2CC2)ccc1F. The van der Waals surface area contributed by atoms with Crippen molar-refractivity contribution in [3.63, 3.8) is 0 Å². The topological polar surface area (TPSA) is 49.4 Å². The molecule has 1 saturated carbocycles. The standard InChI is InChI=1S/C14H21FN2O2S/c1-3-8-17(2)20(18,19)14-9-11(4-7-13(14)15)10-16-12-5-6-12/h4,7,9,12,16H,3,5-6,8,10H2,1-2H3. The smallest absolute Gasteiger partial charge is 0.245 e. The van der Waals surface area contributed by atoms with Gasteiger partial charge >= 0.3 is 0 Å². The Hall–Kier alpha value is -0.980. The Bertz CT molecular complexity index is 571. The van der Waals surface area contributed by atoms with E-state index >= 15 is 0 Å². The van der Waals surface area contributed by atoms with Crippen LogP contribution < -0.4 is 5.32 Å². The quantitative estimate of drug-likeness (QED) is 0.839. The molecule has 0 aliphatic heterocycles. The molecule has 0 aromatic heterocycles. The fraction of sp³-hybridized carbons (Fsp3) is 0.571. The lowest BCUT2D eigenvalue weighted by atomic mass is 10.2. The number of hydrogen-bond acceptors (Lipinski definition) is 3. The second-order valence-electron chi connectivity index (χ2n) is 5.25. The molecular formula is C14H21FN2O2S. The Labute approximate surface area is 120 Å². The summed E-state index contributed by atoms with van der Waals surface area (Å²) < 4.78 is 39.7. The highest BCUT2D eigenvalue weighted by Crippen LogP contribution is 2.22. The van der Waals surface area contributed by atoms with Crippen LogP contribution in [0.3, 0.4) is 0 Å². The van der Waals surface area contributed by atoms with Gasteiger partial charge in [0.1, 0.15) is 10.7 Å². The van der Waals surface area contributed by atoms with Crippen molar-refractivity contribution in [3.05, 3.63) is 29.6 Å². The zero-order valence-electron chi connectivity index (χ0n) is 11.9. The fourth-order valence-corrected chi connectivity index (χ4v) is 3.38. The van der Waals surface area contributed by atoms with E-state index in [0.29, 0.717) is 25.6 Å². The summed E-state index contributed by atoms with van der Waals surface area (Å²) in [5.74, 6) is -0.692. The Balaban J connectivity index is 2.22. The molecule has 0 amide bonds. The van der Waals surface area contributed by atoms with Crippen LogP contribution in [0.5, 0.6) is 0 Å². The maximum atomic E-state index is 13.9. The molecule has 0 bridgehead atoms. The third kappa shape index (κ3) is 3.56. The second kappa shape index (κ2) is 6.20. The lowest BCUT2D eigenvalue weighted by molar-refractivity contribution is 0.461. The molecule has 1 N–H and O–H groups in total. The van der Waals surface area contributed by atoms with Gasteiger partial charge in [0.25, 0.3) is 0 Å². The van der Waals surface area contributed by atoms with Crippen molar-refractivity contribution in [1.29, 1.82) is 0 Å². The molecule has 1 aromatic carbocycles. The van der Waals surface area contributed by atoms with Gasteiger partial charge in [-0.3, -0.25) is 0 Å². The minimum absolute atomic E-state index is 0.233. The van der Waals surface area contributed by atoms with E-state index in [2.05, 4.69) is 5.32 Å². The Morgan fingerprint density at radius 3 is 2.70 bits per heavy atom. The average Bonchev–Trinajstić information content (AvgIpc) is 3.22. The van der Waals surface area contributed by atoms with E-state index in [4.69, 9.17) is 0 Å². The predicted octanol–water partition coefficient (Wildman–Crippen LogP) is 2.11. The zero-order valence-corrected chi connectivity index (χ0v) is 12.7. The van der Waals surface area contributed by atoms with Gasteiger partial charge in [-0.05, 0) is 37.0 Å². The monoisotopic (exact) mass is 300 g/mol. The maximum absolute atomic E-state index is 13.9. The molecule has 2 rings (SSSR count). The Morgan fingerprint density at radius 1 is 1.40 bits per heavy atom. The van der Waals surface area contributed by atoms with Crippen molar-refractivity contribution in [3.8, 4) is 0 Å². The minimum atomic E-state index is -3.75. The summed E-state index contributed by atoms with van der Waals surface area (Å²) in [6.45, 7) is 2.84. The summed E-state index contributed by atoms with van der Waals surface area (Å²) in [4.78, 5) is -0.233. The highest BCUT2D eigenvalue weighted by Gasteiger charge is 2.25. The Morgan fingerprint density at radius 2 is 2.10 bits per heavy atom. The third-order valence-electron chi connectivity index (χ3n) is 3.39. The molecule has 112 valence electrons. The van der Waals surface area contributed by atoms with Gasteiger partial charge in [-0.15, -0.1) is 0 Å². The van der Waals surface area contributed by atoms with Crippen molar-refractivity contribution in [2.75, 3.05) is 13.6 Å². The number of rotatable bonds is 7. The van der Waals surface area contributed by atoms with Gasteiger partial charge in [0, 0.05) is 26.2 Å². The van der Waals surface area contributed by atoms with Crippen LogP contribution in [0.15, 0.2) is 23.1 Å². The fourth-order valence-electron chi connectivity index (χ4n) is 2.01. The highest BCUT2D eigenvalue weighted by atomic mass is 32.2. The highest BCUT2D eigenvalue weighted by molar-refractivity contribution is 7.89. The van der Waals surface area contributed by atoms with Crippen LogP contribution in [-0.4, -0.2) is 32.4 Å². The molecule has 20 heavy (non-hydrogen) atoms. The molecule has 0 unspecified atom stereocenters. The molecule has 0 saturated heterocycles. The van der Waals surface area contributed by atoms with Crippen LogP contribution in [0.4, 0.5) is 4.39 Å². The number of sulfonamides is 1. The van der Waals surface area contributed by atoms with E-state index in [9.17, 15) is 12.8 Å². The molecule has 4 nitrogen and oxygen atoms in total. The van der Waals surface area contributed by atoms with Crippen LogP contribution >= 0.6 is 0 Å². The molecule has 1 aromatic rings. The minimum Gasteiger partial charge on any atom is -0.310 e. The van der Waals surface area contributed by atoms with Crippen LogP contribution in [0, 0.1) is 5.82 Å². The molecular weight excluding hydrogens is 279 g/mol. The normalized spacial score (nSPS) is 15.8. The number of nitrogens with one attached hydrogen (secondary N) is 1. The number of nitrogens with zero attached hydrogens (tertiary/aromatic N) is 1. The van der Waals surface area contributed by atoms with Gasteiger partial charge in [-0.2, -0.15) is 0 Å². The number of halogens is 1. The van der Waals surface area contributed by atoms with Gasteiger partial charge in [-0.25, -0.2) is 17.1 Å². The van der Waals surface area contributed by atoms with Gasteiger partial charge in [-0.1, -0.05) is 13.0 Å². The molecule has 0 heterocycles. The van der Waals surface area contributed by atoms with Gasteiger partial charge in [0.2, 0.25) is 10.0 Å². The summed E-state index contributed by atoms with van der Waals surface area (Å²) in [7, 11) is -2.27.